The van der Waals surface area contributed by atoms with Crippen molar-refractivity contribution >= 4 is 34.1 Å². The molecule has 0 N–H and O–H groups in total. The van der Waals surface area contributed by atoms with E-state index >= 15 is 0 Å². The van der Waals surface area contributed by atoms with Crippen molar-refractivity contribution in [3.05, 3.63) is 200 Å². The average molecular weight is 732 g/mol. The zero-order chi connectivity index (χ0) is 38.6. The second-order valence-electron chi connectivity index (χ2n) is 13.8. The van der Waals surface area contributed by atoms with Crippen molar-refractivity contribution in [2.24, 2.45) is 4.99 Å². The Balaban J connectivity index is 1.14. The first-order chi connectivity index (χ1) is 28.1. The van der Waals surface area contributed by atoms with Crippen LogP contribution >= 0.6 is 0 Å². The fraction of sp³-hybridized carbons (Fsp3) is 0.0192. The number of fused-ring (bicyclic) bond motifs is 3. The third-order valence-electron chi connectivity index (χ3n) is 10.1. The van der Waals surface area contributed by atoms with Crippen molar-refractivity contribution in [3.63, 3.8) is 0 Å². The fourth-order valence-electron chi connectivity index (χ4n) is 7.27. The predicted octanol–water partition coefficient (Wildman–Crippen LogP) is 13.2. The van der Waals surface area contributed by atoms with Gasteiger partial charge in [-0.25, -0.2) is 19.9 Å². The molecule has 5 nitrogen and oxygen atoms in total. The van der Waals surface area contributed by atoms with Gasteiger partial charge < -0.3 is 0 Å². The van der Waals surface area contributed by atoms with Gasteiger partial charge >= 0.3 is 0 Å². The lowest BCUT2D eigenvalue weighted by atomic mass is 9.94. The molecule has 9 rings (SSSR count). The summed E-state index contributed by atoms with van der Waals surface area (Å²) in [5.74, 6) is 0.638. The van der Waals surface area contributed by atoms with Gasteiger partial charge in [0.15, 0.2) is 5.82 Å². The minimum Gasteiger partial charge on any atom is -0.272 e. The van der Waals surface area contributed by atoms with Gasteiger partial charge in [-0.1, -0.05) is 164 Å². The second-order valence-corrected chi connectivity index (χ2v) is 13.8. The molecule has 57 heavy (non-hydrogen) atoms. The summed E-state index contributed by atoms with van der Waals surface area (Å²) in [7, 11) is 0. The lowest BCUT2D eigenvalue weighted by Gasteiger charge is -2.14. The molecular weight excluding hydrogens is 695 g/mol. The number of allylic oxidation sites excluding steroid dienone is 3. The van der Waals surface area contributed by atoms with Gasteiger partial charge in [0.25, 0.3) is 0 Å². The second kappa shape index (κ2) is 15.6. The molecule has 5 heteroatoms. The Morgan fingerprint density at radius 2 is 1.05 bits per heavy atom. The normalized spacial score (nSPS) is 11.7. The molecule has 0 bridgehead atoms. The first-order valence-corrected chi connectivity index (χ1v) is 19.0. The van der Waals surface area contributed by atoms with E-state index in [2.05, 4.69) is 139 Å². The van der Waals surface area contributed by atoms with Gasteiger partial charge in [-0.15, -0.1) is 0 Å². The van der Waals surface area contributed by atoms with Crippen LogP contribution in [0.1, 0.15) is 12.6 Å². The Hall–Kier alpha value is -7.63. The molecule has 3 aromatic heterocycles. The number of benzene rings is 6. The lowest BCUT2D eigenvalue weighted by molar-refractivity contribution is 1.16. The molecule has 0 aliphatic rings. The summed E-state index contributed by atoms with van der Waals surface area (Å²) < 4.78 is 0. The molecular formula is C52H37N5. The summed E-state index contributed by atoms with van der Waals surface area (Å²) in [6.45, 7) is 5.66. The van der Waals surface area contributed by atoms with Crippen LogP contribution in [0.5, 0.6) is 0 Å². The molecule has 0 aliphatic heterocycles. The largest absolute Gasteiger partial charge is 0.272 e. The third kappa shape index (κ3) is 7.18. The van der Waals surface area contributed by atoms with E-state index in [9.17, 15) is 0 Å². The molecule has 6 aromatic carbocycles. The van der Waals surface area contributed by atoms with Crippen LogP contribution in [0, 0.1) is 0 Å². The van der Waals surface area contributed by atoms with E-state index in [1.165, 1.54) is 0 Å². The van der Waals surface area contributed by atoms with Gasteiger partial charge in [-0.2, -0.15) is 0 Å². The van der Waals surface area contributed by atoms with Gasteiger partial charge in [-0.05, 0) is 60.2 Å². The fourth-order valence-corrected chi connectivity index (χ4v) is 7.27. The number of nitrogens with zero attached hydrogens (tertiary/aromatic N) is 5. The summed E-state index contributed by atoms with van der Waals surface area (Å²) in [6.07, 6.45) is 5.69. The van der Waals surface area contributed by atoms with E-state index in [-0.39, 0.29) is 0 Å². The van der Waals surface area contributed by atoms with E-state index < -0.39 is 0 Å². The number of aromatic nitrogens is 4. The first kappa shape index (κ1) is 35.1. The minimum atomic E-state index is 0.638. The summed E-state index contributed by atoms with van der Waals surface area (Å²) in [5.41, 5.74) is 14.5. The van der Waals surface area contributed by atoms with Crippen LogP contribution < -0.4 is 0 Å². The van der Waals surface area contributed by atoms with Crippen molar-refractivity contribution in [2.45, 2.75) is 6.92 Å². The highest BCUT2D eigenvalue weighted by Crippen LogP contribution is 2.37. The SMILES string of the molecule is C=N/C=C(\C=C/C)c1cc(-c2ccccc2)nc(-c2ccc(-c3cccc(-c4cc(-c5ccccc5)nc5c4ccc4ccc(-c6ccccc6)nc45)c3)cc2)n1. The smallest absolute Gasteiger partial charge is 0.160 e. The van der Waals surface area contributed by atoms with Crippen LogP contribution in [0.25, 0.3) is 94.8 Å². The molecule has 0 radical (unpaired) electrons. The van der Waals surface area contributed by atoms with Gasteiger partial charge in [0.2, 0.25) is 0 Å². The Morgan fingerprint density at radius 3 is 1.72 bits per heavy atom. The van der Waals surface area contributed by atoms with Crippen molar-refractivity contribution in [3.8, 4) is 67.4 Å². The van der Waals surface area contributed by atoms with Crippen LogP contribution in [0.2, 0.25) is 0 Å². The molecule has 0 amide bonds. The molecule has 0 fully saturated rings. The van der Waals surface area contributed by atoms with Crippen LogP contribution in [-0.4, -0.2) is 26.7 Å². The molecule has 270 valence electrons. The summed E-state index contributed by atoms with van der Waals surface area (Å²) in [5, 5.41) is 2.10. The summed E-state index contributed by atoms with van der Waals surface area (Å²) in [4.78, 5) is 24.6. The molecule has 0 atom stereocenters. The zero-order valence-electron chi connectivity index (χ0n) is 31.4. The molecule has 0 saturated heterocycles. The summed E-state index contributed by atoms with van der Waals surface area (Å²) >= 11 is 0. The number of aliphatic imine (C=N–C) groups is 1. The maximum atomic E-state index is 5.29. The number of hydrogen-bond donors (Lipinski definition) is 0. The summed E-state index contributed by atoms with van der Waals surface area (Å²) in [6, 6.07) is 60.8. The topological polar surface area (TPSA) is 63.9 Å². The highest BCUT2D eigenvalue weighted by Gasteiger charge is 2.16. The van der Waals surface area contributed by atoms with Crippen molar-refractivity contribution in [1.82, 2.24) is 19.9 Å². The minimum absolute atomic E-state index is 0.638. The van der Waals surface area contributed by atoms with Crippen LogP contribution in [0.3, 0.4) is 0 Å². The first-order valence-electron chi connectivity index (χ1n) is 19.0. The highest BCUT2D eigenvalue weighted by molar-refractivity contribution is 6.10. The van der Waals surface area contributed by atoms with Crippen molar-refractivity contribution in [1.29, 1.82) is 0 Å². The van der Waals surface area contributed by atoms with Crippen LogP contribution in [0.15, 0.2) is 199 Å². The maximum Gasteiger partial charge on any atom is 0.160 e. The highest BCUT2D eigenvalue weighted by atomic mass is 14.9. The number of pyridine rings is 2. The monoisotopic (exact) mass is 731 g/mol. The van der Waals surface area contributed by atoms with Gasteiger partial charge in [0.1, 0.15) is 0 Å². The quantitative estimate of drug-likeness (QED) is 0.0842. The predicted molar refractivity (Wildman–Crippen MR) is 238 cm³/mol. The average Bonchev–Trinajstić information content (AvgIpc) is 3.29. The van der Waals surface area contributed by atoms with Gasteiger partial charge in [0, 0.05) is 44.8 Å². The van der Waals surface area contributed by atoms with Crippen LogP contribution in [0.4, 0.5) is 0 Å². The standard InChI is InChI=1S/C52H37N5/c1-3-14-43(34-53-2)49-33-48(38-19-11-6-12-20-38)56-52(57-49)40-25-23-35(24-26-40)41-21-13-22-42(31-41)45-32-47(37-17-9-5-10-18-37)55-51-44(45)29-27-39-28-30-46(54-50(39)51)36-15-7-4-8-16-36/h3-34H,2H2,1H3/b14-3-,43-34+. The van der Waals surface area contributed by atoms with Gasteiger partial charge in [0.05, 0.1) is 33.8 Å². The third-order valence-corrected chi connectivity index (χ3v) is 10.1. The van der Waals surface area contributed by atoms with E-state index in [0.29, 0.717) is 5.82 Å². The van der Waals surface area contributed by atoms with E-state index in [0.717, 1.165) is 94.7 Å². The van der Waals surface area contributed by atoms with Gasteiger partial charge in [-0.3, -0.25) is 4.99 Å². The van der Waals surface area contributed by atoms with Crippen LogP contribution in [-0.2, 0) is 0 Å². The molecule has 0 saturated carbocycles. The molecule has 9 aromatic rings. The number of rotatable bonds is 9. The molecule has 0 aliphatic carbocycles. The Labute approximate surface area is 332 Å². The number of hydrogen-bond acceptors (Lipinski definition) is 5. The zero-order valence-corrected chi connectivity index (χ0v) is 31.4. The molecule has 0 spiro atoms. The molecule has 3 heterocycles. The van der Waals surface area contributed by atoms with Crippen molar-refractivity contribution < 1.29 is 0 Å². The van der Waals surface area contributed by atoms with E-state index in [1.54, 1.807) is 6.20 Å². The molecule has 0 unspecified atom stereocenters. The van der Waals surface area contributed by atoms with E-state index in [4.69, 9.17) is 19.9 Å². The maximum absolute atomic E-state index is 5.29. The van der Waals surface area contributed by atoms with E-state index in [1.807, 2.05) is 67.6 Å². The lowest BCUT2D eigenvalue weighted by Crippen LogP contribution is -1.98. The van der Waals surface area contributed by atoms with Crippen molar-refractivity contribution in [2.75, 3.05) is 0 Å². The Kier molecular flexibility index (Phi) is 9.61. The Bertz CT molecular complexity index is 2950. The Morgan fingerprint density at radius 1 is 0.474 bits per heavy atom.